The number of amides is 2. The van der Waals surface area contributed by atoms with Crippen molar-refractivity contribution >= 4 is 40.5 Å². The monoisotopic (exact) mass is 387 g/mol. The fraction of sp³-hybridized carbons (Fsp3) is 0.333. The van der Waals surface area contributed by atoms with Crippen molar-refractivity contribution in [3.63, 3.8) is 0 Å². The molecule has 0 aliphatic rings. The van der Waals surface area contributed by atoms with Crippen molar-refractivity contribution in [2.24, 2.45) is 0 Å². The predicted molar refractivity (Wildman–Crippen MR) is 113 cm³/mol. The largest absolute Gasteiger partial charge is 0.372 e. The SMILES string of the molecule is CCN(CC)c1ccc(NC(=O)CN(C(C)=O)c2ccc(C)c(Cl)c2)cc1. The zero-order valence-electron chi connectivity index (χ0n) is 16.3. The third kappa shape index (κ3) is 5.47. The topological polar surface area (TPSA) is 52.7 Å². The lowest BCUT2D eigenvalue weighted by molar-refractivity contribution is -0.120. The number of benzene rings is 2. The predicted octanol–water partition coefficient (Wildman–Crippen LogP) is 4.49. The van der Waals surface area contributed by atoms with Gasteiger partial charge >= 0.3 is 0 Å². The number of nitrogens with zero attached hydrogens (tertiary/aromatic N) is 2. The van der Waals surface area contributed by atoms with Crippen molar-refractivity contribution in [2.45, 2.75) is 27.7 Å². The molecule has 0 spiro atoms. The van der Waals surface area contributed by atoms with Crippen LogP contribution in [0.4, 0.5) is 17.1 Å². The third-order valence-corrected chi connectivity index (χ3v) is 4.84. The lowest BCUT2D eigenvalue weighted by Gasteiger charge is -2.22. The molecule has 2 aromatic rings. The average molecular weight is 388 g/mol. The van der Waals surface area contributed by atoms with Gasteiger partial charge in [0.25, 0.3) is 0 Å². The Balaban J connectivity index is 2.07. The van der Waals surface area contributed by atoms with Crippen LogP contribution < -0.4 is 15.1 Å². The van der Waals surface area contributed by atoms with E-state index in [0.717, 1.165) is 24.3 Å². The van der Waals surface area contributed by atoms with Crippen LogP contribution in [0.3, 0.4) is 0 Å². The van der Waals surface area contributed by atoms with Crippen LogP contribution in [-0.4, -0.2) is 31.4 Å². The Morgan fingerprint density at radius 1 is 1.00 bits per heavy atom. The summed E-state index contributed by atoms with van der Waals surface area (Å²) in [6.07, 6.45) is 0. The molecule has 27 heavy (non-hydrogen) atoms. The van der Waals surface area contributed by atoms with Crippen molar-refractivity contribution in [3.05, 3.63) is 53.1 Å². The van der Waals surface area contributed by atoms with E-state index in [1.165, 1.54) is 11.8 Å². The summed E-state index contributed by atoms with van der Waals surface area (Å²) in [6.45, 7) is 9.30. The first-order chi connectivity index (χ1) is 12.8. The van der Waals surface area contributed by atoms with Crippen molar-refractivity contribution in [2.75, 3.05) is 34.8 Å². The van der Waals surface area contributed by atoms with E-state index >= 15 is 0 Å². The van der Waals surface area contributed by atoms with Crippen LogP contribution in [-0.2, 0) is 9.59 Å². The molecule has 0 saturated heterocycles. The van der Waals surface area contributed by atoms with Gasteiger partial charge in [0.1, 0.15) is 6.54 Å². The van der Waals surface area contributed by atoms with Crippen molar-refractivity contribution in [1.82, 2.24) is 0 Å². The summed E-state index contributed by atoms with van der Waals surface area (Å²) in [5.74, 6) is -0.487. The molecule has 2 aromatic carbocycles. The number of hydrogen-bond acceptors (Lipinski definition) is 3. The maximum Gasteiger partial charge on any atom is 0.244 e. The van der Waals surface area contributed by atoms with Gasteiger partial charge in [0.05, 0.1) is 0 Å². The van der Waals surface area contributed by atoms with E-state index in [1.54, 1.807) is 12.1 Å². The lowest BCUT2D eigenvalue weighted by atomic mass is 10.2. The lowest BCUT2D eigenvalue weighted by Crippen LogP contribution is -2.36. The van der Waals surface area contributed by atoms with E-state index in [1.807, 2.05) is 37.3 Å². The molecule has 0 heterocycles. The van der Waals surface area contributed by atoms with Gasteiger partial charge < -0.3 is 15.1 Å². The summed E-state index contributed by atoms with van der Waals surface area (Å²) < 4.78 is 0. The minimum absolute atomic E-state index is 0.0769. The molecule has 0 saturated carbocycles. The molecule has 0 unspecified atom stereocenters. The molecule has 0 aliphatic heterocycles. The maximum absolute atomic E-state index is 12.4. The van der Waals surface area contributed by atoms with Gasteiger partial charge in [-0.25, -0.2) is 0 Å². The summed E-state index contributed by atoms with van der Waals surface area (Å²) in [5, 5.41) is 3.40. The van der Waals surface area contributed by atoms with E-state index < -0.39 is 0 Å². The Labute approximate surface area is 165 Å². The Kier molecular flexibility index (Phi) is 7.25. The highest BCUT2D eigenvalue weighted by Crippen LogP contribution is 2.23. The van der Waals surface area contributed by atoms with E-state index in [0.29, 0.717) is 16.4 Å². The summed E-state index contributed by atoms with van der Waals surface area (Å²) in [4.78, 5) is 28.1. The van der Waals surface area contributed by atoms with Crippen LogP contribution >= 0.6 is 11.6 Å². The maximum atomic E-state index is 12.4. The molecule has 0 aliphatic carbocycles. The van der Waals surface area contributed by atoms with Crippen LogP contribution in [0.25, 0.3) is 0 Å². The number of hydrogen-bond donors (Lipinski definition) is 1. The molecule has 0 bridgehead atoms. The van der Waals surface area contributed by atoms with Gasteiger partial charge in [0.15, 0.2) is 0 Å². The molecule has 1 N–H and O–H groups in total. The minimum Gasteiger partial charge on any atom is -0.372 e. The van der Waals surface area contributed by atoms with Gasteiger partial charge in [-0.3, -0.25) is 9.59 Å². The van der Waals surface area contributed by atoms with Crippen LogP contribution in [0, 0.1) is 6.92 Å². The second kappa shape index (κ2) is 9.42. The fourth-order valence-corrected chi connectivity index (χ4v) is 3.00. The van der Waals surface area contributed by atoms with E-state index in [2.05, 4.69) is 24.1 Å². The summed E-state index contributed by atoms with van der Waals surface area (Å²) >= 11 is 6.15. The van der Waals surface area contributed by atoms with Crippen LogP contribution in [0.15, 0.2) is 42.5 Å². The molecular weight excluding hydrogens is 362 g/mol. The first-order valence-corrected chi connectivity index (χ1v) is 9.42. The van der Waals surface area contributed by atoms with E-state index in [4.69, 9.17) is 11.6 Å². The van der Waals surface area contributed by atoms with Crippen LogP contribution in [0.5, 0.6) is 0 Å². The summed E-state index contributed by atoms with van der Waals surface area (Å²) in [5.41, 5.74) is 3.32. The molecule has 144 valence electrons. The normalized spacial score (nSPS) is 10.4. The first-order valence-electron chi connectivity index (χ1n) is 9.04. The zero-order chi connectivity index (χ0) is 20.0. The van der Waals surface area contributed by atoms with Crippen molar-refractivity contribution in [3.8, 4) is 0 Å². The highest BCUT2D eigenvalue weighted by molar-refractivity contribution is 6.31. The van der Waals surface area contributed by atoms with E-state index in [9.17, 15) is 9.59 Å². The number of rotatable bonds is 7. The Hall–Kier alpha value is -2.53. The third-order valence-electron chi connectivity index (χ3n) is 4.43. The zero-order valence-corrected chi connectivity index (χ0v) is 17.0. The van der Waals surface area contributed by atoms with Crippen molar-refractivity contribution in [1.29, 1.82) is 0 Å². The van der Waals surface area contributed by atoms with Crippen molar-refractivity contribution < 1.29 is 9.59 Å². The molecule has 0 radical (unpaired) electrons. The summed E-state index contributed by atoms with van der Waals surface area (Å²) in [7, 11) is 0. The minimum atomic E-state index is -0.266. The molecule has 2 rings (SSSR count). The van der Waals surface area contributed by atoms with Gasteiger partial charge in [0, 0.05) is 42.1 Å². The average Bonchev–Trinajstić information content (AvgIpc) is 2.64. The highest BCUT2D eigenvalue weighted by atomic mass is 35.5. The van der Waals surface area contributed by atoms with Crippen LogP contribution in [0.2, 0.25) is 5.02 Å². The number of carbonyl (C=O) groups excluding carboxylic acids is 2. The number of carbonyl (C=O) groups is 2. The number of halogens is 1. The van der Waals surface area contributed by atoms with Gasteiger partial charge in [-0.2, -0.15) is 0 Å². The number of nitrogens with one attached hydrogen (secondary N) is 1. The number of anilines is 3. The van der Waals surface area contributed by atoms with Gasteiger partial charge in [-0.15, -0.1) is 0 Å². The molecule has 0 atom stereocenters. The van der Waals surface area contributed by atoms with Gasteiger partial charge in [0.2, 0.25) is 11.8 Å². The second-order valence-electron chi connectivity index (χ2n) is 6.31. The molecule has 5 nitrogen and oxygen atoms in total. The quantitative estimate of drug-likeness (QED) is 0.761. The smallest absolute Gasteiger partial charge is 0.244 e. The second-order valence-corrected chi connectivity index (χ2v) is 6.71. The van der Waals surface area contributed by atoms with E-state index in [-0.39, 0.29) is 18.4 Å². The molecule has 6 heteroatoms. The molecular formula is C21H26ClN3O2. The Morgan fingerprint density at radius 3 is 2.11 bits per heavy atom. The number of aryl methyl sites for hydroxylation is 1. The standard InChI is InChI=1S/C21H26ClN3O2/c1-5-24(6-2)18-11-8-17(9-12-18)23-21(27)14-25(16(4)26)19-10-7-15(3)20(22)13-19/h7-13H,5-6,14H2,1-4H3,(H,23,27). The Morgan fingerprint density at radius 2 is 1.59 bits per heavy atom. The molecule has 2 amide bonds. The van der Waals surface area contributed by atoms with Gasteiger partial charge in [-0.1, -0.05) is 17.7 Å². The molecule has 0 fully saturated rings. The highest BCUT2D eigenvalue weighted by Gasteiger charge is 2.17. The van der Waals surface area contributed by atoms with Crippen LogP contribution in [0.1, 0.15) is 26.3 Å². The Bertz CT molecular complexity index is 802. The summed E-state index contributed by atoms with van der Waals surface area (Å²) in [6, 6.07) is 13.0. The molecule has 0 aromatic heterocycles. The van der Waals surface area contributed by atoms with Gasteiger partial charge in [-0.05, 0) is 62.7 Å². The fourth-order valence-electron chi connectivity index (χ4n) is 2.82. The first kappa shape index (κ1) is 20.8.